The molecule has 1 saturated heterocycles. The first-order valence-corrected chi connectivity index (χ1v) is 11.0. The van der Waals surface area contributed by atoms with Gasteiger partial charge in [-0.1, -0.05) is 12.1 Å². The first kappa shape index (κ1) is 20.6. The van der Waals surface area contributed by atoms with Crippen molar-refractivity contribution < 1.29 is 9.53 Å². The van der Waals surface area contributed by atoms with Crippen molar-refractivity contribution in [1.29, 1.82) is 0 Å². The van der Waals surface area contributed by atoms with E-state index in [9.17, 15) is 4.79 Å². The Morgan fingerprint density at radius 2 is 1.73 bits per heavy atom. The first-order chi connectivity index (χ1) is 14.6. The van der Waals surface area contributed by atoms with Crippen molar-refractivity contribution >= 4 is 21.8 Å². The Bertz CT molecular complexity index is 977. The zero-order valence-electron chi connectivity index (χ0n) is 17.0. The highest BCUT2D eigenvalue weighted by molar-refractivity contribution is 9.10. The number of rotatable bonds is 6. The van der Waals surface area contributed by atoms with Gasteiger partial charge in [-0.3, -0.25) is 9.69 Å². The fourth-order valence-corrected chi connectivity index (χ4v) is 3.89. The largest absolute Gasteiger partial charge is 0.494 e. The normalized spacial score (nSPS) is 14.7. The predicted octanol–water partition coefficient (Wildman–Crippen LogP) is 3.99. The molecule has 1 aliphatic rings. The van der Waals surface area contributed by atoms with Crippen molar-refractivity contribution in [2.45, 2.75) is 13.5 Å². The third-order valence-electron chi connectivity index (χ3n) is 5.23. The van der Waals surface area contributed by atoms with Crippen molar-refractivity contribution in [3.05, 3.63) is 76.5 Å². The summed E-state index contributed by atoms with van der Waals surface area (Å²) in [6.45, 7) is 6.79. The Kier molecular flexibility index (Phi) is 6.50. The second-order valence-corrected chi connectivity index (χ2v) is 8.21. The Hall–Kier alpha value is -2.64. The lowest BCUT2D eigenvalue weighted by Crippen LogP contribution is -2.48. The zero-order chi connectivity index (χ0) is 20.9. The molecule has 0 saturated carbocycles. The quantitative estimate of drug-likeness (QED) is 0.548. The molecule has 1 amide bonds. The van der Waals surface area contributed by atoms with Gasteiger partial charge < -0.3 is 9.64 Å². The molecular formula is C23H25BrN4O2. The summed E-state index contributed by atoms with van der Waals surface area (Å²) in [4.78, 5) is 17.2. The number of hydrogen-bond donors (Lipinski definition) is 0. The predicted molar refractivity (Wildman–Crippen MR) is 120 cm³/mol. The van der Waals surface area contributed by atoms with Gasteiger partial charge >= 0.3 is 0 Å². The third-order valence-corrected chi connectivity index (χ3v) is 5.64. The number of piperazine rings is 1. The lowest BCUT2D eigenvalue weighted by Gasteiger charge is -2.34. The molecule has 0 radical (unpaired) electrons. The van der Waals surface area contributed by atoms with E-state index in [0.717, 1.165) is 48.6 Å². The molecule has 0 aliphatic carbocycles. The van der Waals surface area contributed by atoms with E-state index in [1.807, 2.05) is 54.4 Å². The summed E-state index contributed by atoms with van der Waals surface area (Å²) < 4.78 is 8.20. The Morgan fingerprint density at radius 1 is 1.03 bits per heavy atom. The minimum absolute atomic E-state index is 0.0870. The summed E-state index contributed by atoms with van der Waals surface area (Å²) in [6.07, 6.45) is 3.63. The van der Waals surface area contributed by atoms with Crippen LogP contribution in [0.3, 0.4) is 0 Å². The topological polar surface area (TPSA) is 50.6 Å². The van der Waals surface area contributed by atoms with Crippen LogP contribution in [0.5, 0.6) is 5.75 Å². The van der Waals surface area contributed by atoms with Gasteiger partial charge in [-0.25, -0.2) is 4.68 Å². The molecule has 0 bridgehead atoms. The molecule has 0 spiro atoms. The van der Waals surface area contributed by atoms with Crippen LogP contribution in [0.1, 0.15) is 22.8 Å². The van der Waals surface area contributed by atoms with Crippen LogP contribution in [0.25, 0.3) is 5.69 Å². The van der Waals surface area contributed by atoms with E-state index in [4.69, 9.17) is 4.74 Å². The van der Waals surface area contributed by atoms with E-state index in [-0.39, 0.29) is 5.91 Å². The number of halogens is 1. The minimum atomic E-state index is 0.0870. The molecule has 1 aliphatic heterocycles. The fraction of sp³-hybridized carbons (Fsp3) is 0.304. The molecule has 3 aromatic rings. The maximum Gasteiger partial charge on any atom is 0.253 e. The van der Waals surface area contributed by atoms with Gasteiger partial charge in [-0.15, -0.1) is 0 Å². The number of ether oxygens (including phenoxy) is 1. The molecule has 30 heavy (non-hydrogen) atoms. The monoisotopic (exact) mass is 468 g/mol. The van der Waals surface area contributed by atoms with Gasteiger partial charge in [-0.2, -0.15) is 5.10 Å². The van der Waals surface area contributed by atoms with Crippen molar-refractivity contribution in [3.63, 3.8) is 0 Å². The zero-order valence-corrected chi connectivity index (χ0v) is 18.6. The second kappa shape index (κ2) is 9.45. The fourth-order valence-electron chi connectivity index (χ4n) is 3.61. The number of carbonyl (C=O) groups excluding carboxylic acids is 1. The molecule has 6 nitrogen and oxygen atoms in total. The summed E-state index contributed by atoms with van der Waals surface area (Å²) in [5.41, 5.74) is 2.90. The van der Waals surface area contributed by atoms with Crippen LogP contribution in [0, 0.1) is 0 Å². The highest BCUT2D eigenvalue weighted by atomic mass is 79.9. The van der Waals surface area contributed by atoms with Crippen molar-refractivity contribution in [2.24, 2.45) is 0 Å². The molecule has 156 valence electrons. The summed E-state index contributed by atoms with van der Waals surface area (Å²) in [7, 11) is 0. The molecule has 2 heterocycles. The van der Waals surface area contributed by atoms with E-state index < -0.39 is 0 Å². The number of amides is 1. The van der Waals surface area contributed by atoms with Crippen LogP contribution in [-0.4, -0.2) is 58.3 Å². The number of nitrogens with zero attached hydrogens (tertiary/aromatic N) is 4. The lowest BCUT2D eigenvalue weighted by atomic mass is 10.1. The van der Waals surface area contributed by atoms with Gasteiger partial charge in [0.05, 0.1) is 23.0 Å². The van der Waals surface area contributed by atoms with Gasteiger partial charge in [0.15, 0.2) is 0 Å². The van der Waals surface area contributed by atoms with Gasteiger partial charge in [-0.05, 0) is 64.8 Å². The van der Waals surface area contributed by atoms with Crippen LogP contribution in [0.4, 0.5) is 0 Å². The van der Waals surface area contributed by atoms with E-state index in [1.54, 1.807) is 10.9 Å². The number of carbonyl (C=O) groups is 1. The second-order valence-electron chi connectivity index (χ2n) is 7.30. The summed E-state index contributed by atoms with van der Waals surface area (Å²) in [5, 5.41) is 4.27. The number of benzene rings is 2. The summed E-state index contributed by atoms with van der Waals surface area (Å²) in [5.74, 6) is 0.992. The minimum Gasteiger partial charge on any atom is -0.494 e. The standard InChI is InChI=1S/C23H25BrN4O2/c1-2-30-22-9-3-18(4-10-22)16-26-11-13-27(14-12-26)23(29)19-5-7-21(8-6-19)28-17-20(24)15-25-28/h3-10,15,17H,2,11-14,16H2,1H3. The molecule has 0 N–H and O–H groups in total. The molecule has 0 atom stereocenters. The van der Waals surface area contributed by atoms with E-state index >= 15 is 0 Å². The van der Waals surface area contributed by atoms with Crippen molar-refractivity contribution in [2.75, 3.05) is 32.8 Å². The third kappa shape index (κ3) is 4.91. The van der Waals surface area contributed by atoms with Gasteiger partial charge in [0.25, 0.3) is 5.91 Å². The molecule has 1 fully saturated rings. The van der Waals surface area contributed by atoms with Crippen molar-refractivity contribution in [3.8, 4) is 11.4 Å². The smallest absolute Gasteiger partial charge is 0.253 e. The average molecular weight is 469 g/mol. The maximum atomic E-state index is 12.9. The molecule has 2 aromatic carbocycles. The first-order valence-electron chi connectivity index (χ1n) is 10.2. The number of aromatic nitrogens is 2. The van der Waals surface area contributed by atoms with Crippen LogP contribution < -0.4 is 4.74 Å². The van der Waals surface area contributed by atoms with Gasteiger partial charge in [0, 0.05) is 44.5 Å². The van der Waals surface area contributed by atoms with Crippen LogP contribution in [0.15, 0.2) is 65.4 Å². The van der Waals surface area contributed by atoms with Crippen molar-refractivity contribution in [1.82, 2.24) is 19.6 Å². The Balaban J connectivity index is 1.30. The van der Waals surface area contributed by atoms with Crippen LogP contribution in [0.2, 0.25) is 0 Å². The summed E-state index contributed by atoms with van der Waals surface area (Å²) >= 11 is 3.40. The highest BCUT2D eigenvalue weighted by Gasteiger charge is 2.22. The number of hydrogen-bond acceptors (Lipinski definition) is 4. The van der Waals surface area contributed by atoms with E-state index in [1.165, 1.54) is 5.56 Å². The molecule has 1 aromatic heterocycles. The average Bonchev–Trinajstić information content (AvgIpc) is 3.22. The molecule has 0 unspecified atom stereocenters. The van der Waals surface area contributed by atoms with Gasteiger partial charge in [0.2, 0.25) is 0 Å². The van der Waals surface area contributed by atoms with Crippen LogP contribution in [-0.2, 0) is 6.54 Å². The molecular weight excluding hydrogens is 444 g/mol. The van der Waals surface area contributed by atoms with Gasteiger partial charge in [0.1, 0.15) is 5.75 Å². The Morgan fingerprint density at radius 3 is 2.33 bits per heavy atom. The molecule has 7 heteroatoms. The molecule has 4 rings (SSSR count). The lowest BCUT2D eigenvalue weighted by molar-refractivity contribution is 0.0628. The van der Waals surface area contributed by atoms with Crippen LogP contribution >= 0.6 is 15.9 Å². The SMILES string of the molecule is CCOc1ccc(CN2CCN(C(=O)c3ccc(-n4cc(Br)cn4)cc3)CC2)cc1. The van der Waals surface area contributed by atoms with E-state index in [2.05, 4.69) is 38.1 Å². The Labute approximate surface area is 185 Å². The maximum absolute atomic E-state index is 12.9. The van der Waals surface area contributed by atoms with E-state index in [0.29, 0.717) is 12.2 Å². The summed E-state index contributed by atoms with van der Waals surface area (Å²) in [6, 6.07) is 15.9. The highest BCUT2D eigenvalue weighted by Crippen LogP contribution is 2.17.